The number of hydrogen-bond donors (Lipinski definition) is 1. The minimum atomic E-state index is -0.304. The fourth-order valence-corrected chi connectivity index (χ4v) is 4.32. The van der Waals surface area contributed by atoms with Crippen LogP contribution in [-0.4, -0.2) is 10.5 Å². The van der Waals surface area contributed by atoms with Crippen molar-refractivity contribution < 1.29 is 4.79 Å². The van der Waals surface area contributed by atoms with E-state index in [1.165, 1.54) is 0 Å². The highest BCUT2D eigenvalue weighted by Gasteiger charge is 2.23. The monoisotopic (exact) mass is 446 g/mol. The quantitative estimate of drug-likeness (QED) is 0.603. The van der Waals surface area contributed by atoms with Crippen LogP contribution in [0.4, 0.5) is 5.69 Å². The molecule has 0 aliphatic heterocycles. The number of nitrogens with zero attached hydrogens (tertiary/aromatic N) is 1. The molecule has 0 unspecified atom stereocenters. The molecule has 0 saturated heterocycles. The van der Waals surface area contributed by atoms with Crippen molar-refractivity contribution in [3.8, 4) is 0 Å². The van der Waals surface area contributed by atoms with E-state index < -0.39 is 0 Å². The molecule has 1 aromatic heterocycles. The van der Waals surface area contributed by atoms with Crippen molar-refractivity contribution in [2.75, 3.05) is 5.32 Å². The van der Waals surface area contributed by atoms with Gasteiger partial charge in [-0.25, -0.2) is 0 Å². The lowest BCUT2D eigenvalue weighted by Crippen LogP contribution is -2.31. The summed E-state index contributed by atoms with van der Waals surface area (Å²) in [6, 6.07) is 4.07. The number of aromatic nitrogens is 1. The molecule has 2 aromatic rings. The summed E-state index contributed by atoms with van der Waals surface area (Å²) >= 11 is 3.55. The smallest absolute Gasteiger partial charge is 0.261 e. The third-order valence-corrected chi connectivity index (χ3v) is 5.86. The predicted octanol–water partition coefficient (Wildman–Crippen LogP) is 5.58. The molecule has 0 saturated carbocycles. The zero-order valence-electron chi connectivity index (χ0n) is 17.8. The van der Waals surface area contributed by atoms with E-state index in [0.29, 0.717) is 12.0 Å². The standard InChI is InChI=1S/C23H31BrN2O2/c1-7-11-26-15(6)14(5)22(27)20(19(26)10-4)23(28)25-21-16(8-2)12-18(24)13-17(21)9-3/h12-13H,7-11H2,1-6H3,(H,25,28). The van der Waals surface area contributed by atoms with E-state index in [-0.39, 0.29) is 16.9 Å². The van der Waals surface area contributed by atoms with Crippen molar-refractivity contribution in [3.63, 3.8) is 0 Å². The molecular weight excluding hydrogens is 416 g/mol. The molecule has 0 aliphatic carbocycles. The Balaban J connectivity index is 2.65. The van der Waals surface area contributed by atoms with Crippen molar-refractivity contribution in [1.29, 1.82) is 0 Å². The molecule has 4 nitrogen and oxygen atoms in total. The first-order chi connectivity index (χ1) is 13.3. The second-order valence-corrected chi connectivity index (χ2v) is 8.04. The van der Waals surface area contributed by atoms with E-state index in [2.05, 4.69) is 46.6 Å². The van der Waals surface area contributed by atoms with Crippen molar-refractivity contribution in [2.24, 2.45) is 0 Å². The summed E-state index contributed by atoms with van der Waals surface area (Å²) in [7, 11) is 0. The van der Waals surface area contributed by atoms with Gasteiger partial charge in [-0.1, -0.05) is 43.6 Å². The predicted molar refractivity (Wildman–Crippen MR) is 121 cm³/mol. The molecule has 1 aromatic carbocycles. The van der Waals surface area contributed by atoms with Crippen molar-refractivity contribution >= 4 is 27.5 Å². The van der Waals surface area contributed by atoms with Crippen molar-refractivity contribution in [3.05, 3.63) is 60.5 Å². The summed E-state index contributed by atoms with van der Waals surface area (Å²) in [6.07, 6.45) is 3.19. The van der Waals surface area contributed by atoms with Gasteiger partial charge < -0.3 is 9.88 Å². The zero-order chi connectivity index (χ0) is 21.0. The van der Waals surface area contributed by atoms with Crippen LogP contribution in [0, 0.1) is 13.8 Å². The number of rotatable bonds is 7. The van der Waals surface area contributed by atoms with Crippen LogP contribution >= 0.6 is 15.9 Å². The average molecular weight is 447 g/mol. The maximum absolute atomic E-state index is 13.3. The fourth-order valence-electron chi connectivity index (χ4n) is 3.77. The van der Waals surface area contributed by atoms with Crippen LogP contribution in [0.5, 0.6) is 0 Å². The average Bonchev–Trinajstić information content (AvgIpc) is 2.68. The molecule has 5 heteroatoms. The molecule has 0 aliphatic rings. The lowest BCUT2D eigenvalue weighted by atomic mass is 10.0. The first-order valence-electron chi connectivity index (χ1n) is 10.2. The van der Waals surface area contributed by atoms with Crippen molar-refractivity contribution in [1.82, 2.24) is 4.57 Å². The number of hydrogen-bond acceptors (Lipinski definition) is 2. The van der Waals surface area contributed by atoms with Gasteiger partial charge in [-0.05, 0) is 62.8 Å². The lowest BCUT2D eigenvalue weighted by molar-refractivity contribution is 0.102. The number of pyridine rings is 1. The summed E-state index contributed by atoms with van der Waals surface area (Å²) in [5, 5.41) is 3.08. The van der Waals surface area contributed by atoms with Gasteiger partial charge in [0.25, 0.3) is 5.91 Å². The van der Waals surface area contributed by atoms with Gasteiger partial charge in [-0.3, -0.25) is 9.59 Å². The minimum Gasteiger partial charge on any atom is -0.348 e. The molecule has 0 spiro atoms. The van der Waals surface area contributed by atoms with Gasteiger partial charge in [-0.2, -0.15) is 0 Å². The summed E-state index contributed by atoms with van der Waals surface area (Å²) in [5.74, 6) is -0.304. The van der Waals surface area contributed by atoms with E-state index in [1.54, 1.807) is 0 Å². The highest BCUT2D eigenvalue weighted by Crippen LogP contribution is 2.28. The normalized spacial score (nSPS) is 11.0. The maximum atomic E-state index is 13.3. The Morgan fingerprint density at radius 3 is 2.07 bits per heavy atom. The lowest BCUT2D eigenvalue weighted by Gasteiger charge is -2.21. The summed E-state index contributed by atoms with van der Waals surface area (Å²) in [5.41, 5.74) is 5.51. The van der Waals surface area contributed by atoms with E-state index in [9.17, 15) is 9.59 Å². The molecule has 0 bridgehead atoms. The Bertz CT molecular complexity index is 920. The Labute approximate surface area is 176 Å². The topological polar surface area (TPSA) is 51.1 Å². The van der Waals surface area contributed by atoms with Gasteiger partial charge in [0.15, 0.2) is 5.43 Å². The number of benzene rings is 1. The molecule has 0 radical (unpaired) electrons. The number of aryl methyl sites for hydroxylation is 2. The first kappa shape index (κ1) is 22.4. The van der Waals surface area contributed by atoms with Gasteiger partial charge in [-0.15, -0.1) is 0 Å². The van der Waals surface area contributed by atoms with E-state index in [0.717, 1.165) is 58.5 Å². The van der Waals surface area contributed by atoms with Crippen LogP contribution < -0.4 is 10.7 Å². The molecule has 1 heterocycles. The highest BCUT2D eigenvalue weighted by atomic mass is 79.9. The summed E-state index contributed by atoms with van der Waals surface area (Å²) in [4.78, 5) is 26.4. The number of amides is 1. The highest BCUT2D eigenvalue weighted by molar-refractivity contribution is 9.10. The third-order valence-electron chi connectivity index (χ3n) is 5.41. The Morgan fingerprint density at radius 1 is 1.04 bits per heavy atom. The van der Waals surface area contributed by atoms with Crippen LogP contribution in [0.25, 0.3) is 0 Å². The van der Waals surface area contributed by atoms with Crippen LogP contribution in [0.1, 0.15) is 72.6 Å². The maximum Gasteiger partial charge on any atom is 0.261 e. The van der Waals surface area contributed by atoms with E-state index >= 15 is 0 Å². The van der Waals surface area contributed by atoms with Gasteiger partial charge in [0.2, 0.25) is 0 Å². The molecule has 0 atom stereocenters. The number of carbonyl (C=O) groups is 1. The summed E-state index contributed by atoms with van der Waals surface area (Å²) < 4.78 is 3.14. The third kappa shape index (κ3) is 4.24. The van der Waals surface area contributed by atoms with Crippen molar-refractivity contribution in [2.45, 2.75) is 73.8 Å². The molecule has 2 rings (SSSR count). The van der Waals surface area contributed by atoms with Crippen LogP contribution in [-0.2, 0) is 25.8 Å². The van der Waals surface area contributed by atoms with E-state index in [1.807, 2.05) is 32.9 Å². The second-order valence-electron chi connectivity index (χ2n) is 7.13. The second kappa shape index (κ2) is 9.55. The molecule has 28 heavy (non-hydrogen) atoms. The SMILES string of the molecule is CCCn1c(C)c(C)c(=O)c(C(=O)Nc2c(CC)cc(Br)cc2CC)c1CC. The number of anilines is 1. The Morgan fingerprint density at radius 2 is 1.61 bits per heavy atom. The van der Waals surface area contributed by atoms with E-state index in [4.69, 9.17) is 0 Å². The van der Waals surface area contributed by atoms with Gasteiger partial charge in [0, 0.05) is 33.7 Å². The number of halogens is 1. The first-order valence-corrected chi connectivity index (χ1v) is 10.9. The summed E-state index contributed by atoms with van der Waals surface area (Å²) in [6.45, 7) is 12.8. The molecule has 1 amide bonds. The van der Waals surface area contributed by atoms with Crippen LogP contribution in [0.15, 0.2) is 21.4 Å². The molecule has 152 valence electrons. The van der Waals surface area contributed by atoms with Gasteiger partial charge in [0.1, 0.15) is 5.56 Å². The fraction of sp³-hybridized carbons (Fsp3) is 0.478. The van der Waals surface area contributed by atoms with Crippen LogP contribution in [0.3, 0.4) is 0 Å². The Hall–Kier alpha value is -1.88. The Kier molecular flexibility index (Phi) is 7.64. The van der Waals surface area contributed by atoms with Crippen LogP contribution in [0.2, 0.25) is 0 Å². The zero-order valence-corrected chi connectivity index (χ0v) is 19.4. The minimum absolute atomic E-state index is 0.160. The molecule has 0 fully saturated rings. The molecular formula is C23H31BrN2O2. The molecule has 1 N–H and O–H groups in total. The number of nitrogens with one attached hydrogen (secondary N) is 1. The largest absolute Gasteiger partial charge is 0.348 e. The number of carbonyl (C=O) groups excluding carboxylic acids is 1. The van der Waals surface area contributed by atoms with Gasteiger partial charge in [0.05, 0.1) is 0 Å². The van der Waals surface area contributed by atoms with Gasteiger partial charge >= 0.3 is 0 Å².